The summed E-state index contributed by atoms with van der Waals surface area (Å²) in [6.07, 6.45) is 2.28. The smallest absolute Gasteiger partial charge is 0 e. The molecule has 33 valence electrons. The second-order valence-electron chi connectivity index (χ2n) is 0.854. The van der Waals surface area contributed by atoms with Crippen molar-refractivity contribution in [2.75, 3.05) is 0 Å². The minimum atomic E-state index is 0. The molecule has 1 radical (unpaired) electrons. The van der Waals surface area contributed by atoms with Crippen LogP contribution in [0.2, 0.25) is 0 Å². The third-order valence-corrected chi connectivity index (χ3v) is 0.354. The molecule has 0 atom stereocenters. The summed E-state index contributed by atoms with van der Waals surface area (Å²) in [4.78, 5) is 0. The molecule has 0 heterocycles. The van der Waals surface area contributed by atoms with Gasteiger partial charge in [-0.05, 0) is 0 Å². The van der Waals surface area contributed by atoms with Crippen LogP contribution in [0.4, 0.5) is 0 Å². The van der Waals surface area contributed by atoms with Gasteiger partial charge in [0.05, 0.1) is 0 Å². The maximum Gasteiger partial charge on any atom is 0 e. The average molecular weight is 243 g/mol. The summed E-state index contributed by atoms with van der Waals surface area (Å²) in [6.45, 7) is 5.72. The average Bonchev–Trinajstić information content (AvgIpc) is 1.37. The summed E-state index contributed by atoms with van der Waals surface area (Å²) in [5.41, 5.74) is 0. The summed E-state index contributed by atoms with van der Waals surface area (Å²) >= 11 is 0. The molecule has 0 aliphatic carbocycles. The second kappa shape index (κ2) is 8.82. The molecule has 0 fully saturated rings. The number of rotatable bonds is 1. The van der Waals surface area contributed by atoms with Gasteiger partial charge in [-0.15, -0.1) is 0 Å². The fourth-order valence-electron chi connectivity index (χ4n) is 0. The largest absolute Gasteiger partial charge is 0.343 e. The topological polar surface area (TPSA) is 0 Å². The third kappa shape index (κ3) is 12.0. The van der Waals surface area contributed by atoms with Gasteiger partial charge in [-0.3, -0.25) is 0 Å². The molecule has 0 unspecified atom stereocenters. The summed E-state index contributed by atoms with van der Waals surface area (Å²) in [7, 11) is 0. The van der Waals surface area contributed by atoms with Gasteiger partial charge < -0.3 is 6.92 Å². The fourth-order valence-corrected chi connectivity index (χ4v) is 0. The van der Waals surface area contributed by atoms with Crippen LogP contribution in [0.25, 0.3) is 0 Å². The van der Waals surface area contributed by atoms with Crippen molar-refractivity contribution < 1.29 is 20.4 Å². The van der Waals surface area contributed by atoms with E-state index >= 15 is 0 Å². The van der Waals surface area contributed by atoms with E-state index in [1.165, 1.54) is 6.42 Å². The molecule has 0 saturated heterocycles. The van der Waals surface area contributed by atoms with Crippen molar-refractivity contribution in [1.82, 2.24) is 0 Å². The van der Waals surface area contributed by atoms with Crippen molar-refractivity contribution >= 4 is 0 Å². The van der Waals surface area contributed by atoms with Crippen LogP contribution in [-0.4, -0.2) is 0 Å². The molecule has 5 heavy (non-hydrogen) atoms. The van der Waals surface area contributed by atoms with E-state index in [4.69, 9.17) is 0 Å². The molecule has 0 amide bonds. The van der Waals surface area contributed by atoms with Crippen LogP contribution < -0.4 is 0 Å². The molecule has 0 rings (SSSR count). The van der Waals surface area contributed by atoms with Crippen molar-refractivity contribution in [3.63, 3.8) is 0 Å². The molecular formula is C4H9Re-. The minimum absolute atomic E-state index is 0. The van der Waals surface area contributed by atoms with Crippen LogP contribution in [0.1, 0.15) is 19.8 Å². The van der Waals surface area contributed by atoms with Crippen molar-refractivity contribution in [3.05, 3.63) is 6.92 Å². The van der Waals surface area contributed by atoms with Crippen LogP contribution >= 0.6 is 0 Å². The first-order valence-corrected chi connectivity index (χ1v) is 1.71. The van der Waals surface area contributed by atoms with Crippen molar-refractivity contribution in [1.29, 1.82) is 0 Å². The SMILES string of the molecule is [CH2-]CCC.[Re]. The summed E-state index contributed by atoms with van der Waals surface area (Å²) < 4.78 is 0. The monoisotopic (exact) mass is 244 g/mol. The molecule has 0 aromatic rings. The number of hydrogen-bond acceptors (Lipinski definition) is 0. The maximum atomic E-state index is 3.60. The van der Waals surface area contributed by atoms with E-state index in [1.807, 2.05) is 0 Å². The standard InChI is InChI=1S/C4H9.Re/c1-3-4-2;/h1,3-4H2,2H3;/q-1;. The molecule has 0 nitrogen and oxygen atoms in total. The Balaban J connectivity index is 0. The van der Waals surface area contributed by atoms with Crippen LogP contribution in [0.3, 0.4) is 0 Å². The predicted molar refractivity (Wildman–Crippen MR) is 20.3 cm³/mol. The Morgan fingerprint density at radius 3 is 1.80 bits per heavy atom. The van der Waals surface area contributed by atoms with Crippen molar-refractivity contribution in [2.45, 2.75) is 19.8 Å². The van der Waals surface area contributed by atoms with Gasteiger partial charge in [0.2, 0.25) is 0 Å². The summed E-state index contributed by atoms with van der Waals surface area (Å²) in [6, 6.07) is 0. The Kier molecular flexibility index (Phi) is 16.2. The van der Waals surface area contributed by atoms with Gasteiger partial charge in [0.15, 0.2) is 0 Å². The van der Waals surface area contributed by atoms with Gasteiger partial charge in [0, 0.05) is 20.4 Å². The van der Waals surface area contributed by atoms with E-state index in [1.54, 1.807) is 0 Å². The van der Waals surface area contributed by atoms with Gasteiger partial charge >= 0.3 is 0 Å². The van der Waals surface area contributed by atoms with E-state index < -0.39 is 0 Å². The minimum Gasteiger partial charge on any atom is -0.343 e. The van der Waals surface area contributed by atoms with Gasteiger partial charge in [0.1, 0.15) is 0 Å². The predicted octanol–water partition coefficient (Wildman–Crippen LogP) is 1.62. The quantitative estimate of drug-likeness (QED) is 0.614. The van der Waals surface area contributed by atoms with Gasteiger partial charge in [-0.2, -0.15) is 6.42 Å². The summed E-state index contributed by atoms with van der Waals surface area (Å²) in [5, 5.41) is 0. The molecule has 0 saturated carbocycles. The zero-order valence-electron chi connectivity index (χ0n) is 3.50. The van der Waals surface area contributed by atoms with E-state index in [0.717, 1.165) is 6.42 Å². The third-order valence-electron chi connectivity index (χ3n) is 0.354. The number of unbranched alkanes of at least 4 members (excludes halogenated alkanes) is 1. The molecule has 0 aliphatic heterocycles. The molecule has 0 N–H and O–H groups in total. The molecule has 0 spiro atoms. The van der Waals surface area contributed by atoms with Gasteiger partial charge in [-0.25, -0.2) is 0 Å². The Labute approximate surface area is 47.6 Å². The molecule has 0 aliphatic rings. The van der Waals surface area contributed by atoms with Gasteiger partial charge in [0.25, 0.3) is 0 Å². The molecule has 0 aromatic heterocycles. The van der Waals surface area contributed by atoms with Crippen LogP contribution in [0.5, 0.6) is 0 Å². The van der Waals surface area contributed by atoms with E-state index in [0.29, 0.717) is 0 Å². The Hall–Kier alpha value is 0.662. The second-order valence-corrected chi connectivity index (χ2v) is 0.854. The molecule has 0 bridgehead atoms. The zero-order valence-corrected chi connectivity index (χ0v) is 6.22. The first-order chi connectivity index (χ1) is 1.91. The van der Waals surface area contributed by atoms with Crippen molar-refractivity contribution in [3.8, 4) is 0 Å². The number of hydrogen-bond donors (Lipinski definition) is 0. The van der Waals surface area contributed by atoms with E-state index in [9.17, 15) is 0 Å². The first kappa shape index (κ1) is 9.18. The van der Waals surface area contributed by atoms with Crippen LogP contribution in [0.15, 0.2) is 0 Å². The maximum absolute atomic E-state index is 3.60. The normalized spacial score (nSPS) is 6.00. The summed E-state index contributed by atoms with van der Waals surface area (Å²) in [5.74, 6) is 0. The molecule has 0 aromatic carbocycles. The Bertz CT molecular complexity index is 5.61. The first-order valence-electron chi connectivity index (χ1n) is 1.71. The Morgan fingerprint density at radius 1 is 1.60 bits per heavy atom. The van der Waals surface area contributed by atoms with E-state index in [2.05, 4.69) is 13.8 Å². The zero-order chi connectivity index (χ0) is 3.41. The van der Waals surface area contributed by atoms with Crippen molar-refractivity contribution in [2.24, 2.45) is 0 Å². The molecule has 1 heteroatoms. The van der Waals surface area contributed by atoms with E-state index in [-0.39, 0.29) is 20.4 Å². The van der Waals surface area contributed by atoms with Crippen LogP contribution in [-0.2, 0) is 20.4 Å². The van der Waals surface area contributed by atoms with Crippen LogP contribution in [0, 0.1) is 6.92 Å². The van der Waals surface area contributed by atoms with Gasteiger partial charge in [-0.1, -0.05) is 13.3 Å². The molecular weight excluding hydrogens is 234 g/mol. The Morgan fingerprint density at radius 2 is 1.80 bits per heavy atom. The fraction of sp³-hybridized carbons (Fsp3) is 0.750.